The molecule has 1 fully saturated rings. The summed E-state index contributed by atoms with van der Waals surface area (Å²) in [5, 5.41) is 1.14. The van der Waals surface area contributed by atoms with E-state index in [-0.39, 0.29) is 11.7 Å². The van der Waals surface area contributed by atoms with Crippen molar-refractivity contribution in [1.29, 1.82) is 0 Å². The molecule has 98 valence electrons. The molecule has 1 saturated heterocycles. The van der Waals surface area contributed by atoms with Crippen LogP contribution in [0.3, 0.4) is 0 Å². The highest BCUT2D eigenvalue weighted by Gasteiger charge is 2.20. The molecule has 2 heterocycles. The van der Waals surface area contributed by atoms with Crippen LogP contribution in [0.1, 0.15) is 12.8 Å². The number of piperidine rings is 1. The number of fused-ring (bicyclic) bond motifs is 1. The zero-order valence-electron chi connectivity index (χ0n) is 10.7. The Morgan fingerprint density at radius 2 is 1.84 bits per heavy atom. The molecule has 1 aromatic carbocycles. The number of likely N-dealkylation sites (tertiary alicyclic amines) is 1. The minimum absolute atomic E-state index is 0.0915. The standard InChI is InChI=1S/C15H16N2O2/c18-13-6-9-16(10-7-13)15(19)11-17-8-5-12-3-1-2-4-14(12)17/h1-5,8H,6-7,9-11H2. The summed E-state index contributed by atoms with van der Waals surface area (Å²) in [6.45, 7) is 1.48. The van der Waals surface area contributed by atoms with Crippen LogP contribution in [0.25, 0.3) is 10.9 Å². The van der Waals surface area contributed by atoms with Gasteiger partial charge in [0.1, 0.15) is 12.3 Å². The zero-order chi connectivity index (χ0) is 13.2. The van der Waals surface area contributed by atoms with E-state index in [1.165, 1.54) is 0 Å². The maximum absolute atomic E-state index is 12.2. The molecule has 0 N–H and O–H groups in total. The number of carbonyl (C=O) groups excluding carboxylic acids is 2. The molecule has 0 aliphatic carbocycles. The van der Waals surface area contributed by atoms with Crippen molar-refractivity contribution in [1.82, 2.24) is 9.47 Å². The Morgan fingerprint density at radius 1 is 1.11 bits per heavy atom. The van der Waals surface area contributed by atoms with E-state index in [2.05, 4.69) is 0 Å². The number of hydrogen-bond donors (Lipinski definition) is 0. The maximum Gasteiger partial charge on any atom is 0.242 e. The first kappa shape index (κ1) is 12.0. The van der Waals surface area contributed by atoms with Crippen LogP contribution in [0.4, 0.5) is 0 Å². The van der Waals surface area contributed by atoms with Gasteiger partial charge >= 0.3 is 0 Å². The summed E-state index contributed by atoms with van der Waals surface area (Å²) < 4.78 is 1.97. The third kappa shape index (κ3) is 2.38. The van der Waals surface area contributed by atoms with Crippen LogP contribution in [-0.2, 0) is 16.1 Å². The smallest absolute Gasteiger partial charge is 0.242 e. The van der Waals surface area contributed by atoms with E-state index < -0.39 is 0 Å². The predicted octanol–water partition coefficient (Wildman–Crippen LogP) is 1.83. The lowest BCUT2D eigenvalue weighted by Crippen LogP contribution is -2.40. The van der Waals surface area contributed by atoms with Gasteiger partial charge in [0.2, 0.25) is 5.91 Å². The molecule has 0 bridgehead atoms. The number of hydrogen-bond acceptors (Lipinski definition) is 2. The number of ketones is 1. The summed E-state index contributed by atoms with van der Waals surface area (Å²) in [7, 11) is 0. The van der Waals surface area contributed by atoms with Crippen LogP contribution >= 0.6 is 0 Å². The summed E-state index contributed by atoms with van der Waals surface area (Å²) >= 11 is 0. The van der Waals surface area contributed by atoms with E-state index in [4.69, 9.17) is 0 Å². The van der Waals surface area contributed by atoms with Crippen molar-refractivity contribution in [2.24, 2.45) is 0 Å². The fraction of sp³-hybridized carbons (Fsp3) is 0.333. The number of amides is 1. The Morgan fingerprint density at radius 3 is 2.63 bits per heavy atom. The van der Waals surface area contributed by atoms with Crippen molar-refractivity contribution in [3.8, 4) is 0 Å². The molecule has 4 heteroatoms. The number of nitrogens with zero attached hydrogens (tertiary/aromatic N) is 2. The first-order valence-corrected chi connectivity index (χ1v) is 6.57. The fourth-order valence-electron chi connectivity index (χ4n) is 2.53. The number of rotatable bonds is 2. The quantitative estimate of drug-likeness (QED) is 0.822. The van der Waals surface area contributed by atoms with Crippen molar-refractivity contribution < 1.29 is 9.59 Å². The van der Waals surface area contributed by atoms with Crippen molar-refractivity contribution in [2.75, 3.05) is 13.1 Å². The van der Waals surface area contributed by atoms with Gasteiger partial charge in [-0.05, 0) is 17.5 Å². The molecule has 0 saturated carbocycles. The molecular formula is C15H16N2O2. The predicted molar refractivity (Wildman–Crippen MR) is 72.8 cm³/mol. The lowest BCUT2D eigenvalue weighted by molar-refractivity contribution is -0.135. The minimum atomic E-state index is 0.0915. The molecule has 1 aromatic heterocycles. The van der Waals surface area contributed by atoms with Crippen molar-refractivity contribution in [2.45, 2.75) is 19.4 Å². The van der Waals surface area contributed by atoms with E-state index >= 15 is 0 Å². The summed E-state index contributed by atoms with van der Waals surface area (Å²) in [4.78, 5) is 25.2. The maximum atomic E-state index is 12.2. The molecule has 19 heavy (non-hydrogen) atoms. The Balaban J connectivity index is 1.74. The van der Waals surface area contributed by atoms with Crippen LogP contribution in [0, 0.1) is 0 Å². The molecule has 1 amide bonds. The van der Waals surface area contributed by atoms with E-state index in [0.29, 0.717) is 32.5 Å². The van der Waals surface area contributed by atoms with Crippen molar-refractivity contribution in [3.63, 3.8) is 0 Å². The second-order valence-corrected chi connectivity index (χ2v) is 4.92. The molecule has 0 radical (unpaired) electrons. The topological polar surface area (TPSA) is 42.3 Å². The molecule has 1 aliphatic heterocycles. The minimum Gasteiger partial charge on any atom is -0.340 e. The summed E-state index contributed by atoms with van der Waals surface area (Å²) in [5.74, 6) is 0.351. The van der Waals surface area contributed by atoms with Gasteiger partial charge in [-0.3, -0.25) is 9.59 Å². The normalized spacial score (nSPS) is 16.0. The average Bonchev–Trinajstić information content (AvgIpc) is 2.83. The molecule has 4 nitrogen and oxygen atoms in total. The zero-order valence-corrected chi connectivity index (χ0v) is 10.7. The van der Waals surface area contributed by atoms with Gasteiger partial charge in [-0.15, -0.1) is 0 Å². The Kier molecular flexibility index (Phi) is 3.07. The molecule has 3 rings (SSSR count). The molecule has 0 unspecified atom stereocenters. The van der Waals surface area contributed by atoms with E-state index in [1.807, 2.05) is 41.1 Å². The largest absolute Gasteiger partial charge is 0.340 e. The van der Waals surface area contributed by atoms with E-state index in [1.54, 1.807) is 4.90 Å². The van der Waals surface area contributed by atoms with Crippen LogP contribution < -0.4 is 0 Å². The van der Waals surface area contributed by atoms with Gasteiger partial charge < -0.3 is 9.47 Å². The second-order valence-electron chi connectivity index (χ2n) is 4.92. The first-order chi connectivity index (χ1) is 9.24. The van der Waals surface area contributed by atoms with E-state index in [0.717, 1.165) is 10.9 Å². The highest BCUT2D eigenvalue weighted by Crippen LogP contribution is 2.15. The van der Waals surface area contributed by atoms with Gasteiger partial charge in [-0.25, -0.2) is 0 Å². The van der Waals surface area contributed by atoms with Gasteiger partial charge in [0.25, 0.3) is 0 Å². The highest BCUT2D eigenvalue weighted by molar-refractivity contribution is 5.85. The first-order valence-electron chi connectivity index (χ1n) is 6.57. The summed E-state index contributed by atoms with van der Waals surface area (Å²) in [6, 6.07) is 10.0. The molecule has 1 aliphatic rings. The fourth-order valence-corrected chi connectivity index (χ4v) is 2.53. The van der Waals surface area contributed by atoms with Crippen LogP contribution in [-0.4, -0.2) is 34.2 Å². The Bertz CT molecular complexity index is 620. The number of para-hydroxylation sites is 1. The Hall–Kier alpha value is -2.10. The average molecular weight is 256 g/mol. The number of Topliss-reactive ketones (excluding diaryl/α,β-unsaturated/α-hetero) is 1. The van der Waals surface area contributed by atoms with Gasteiger partial charge in [0.15, 0.2) is 0 Å². The van der Waals surface area contributed by atoms with E-state index in [9.17, 15) is 9.59 Å². The second kappa shape index (κ2) is 4.88. The summed E-state index contributed by atoms with van der Waals surface area (Å²) in [5.41, 5.74) is 1.07. The lowest BCUT2D eigenvalue weighted by Gasteiger charge is -2.26. The lowest BCUT2D eigenvalue weighted by atomic mass is 10.1. The number of benzene rings is 1. The third-order valence-electron chi connectivity index (χ3n) is 3.66. The number of aromatic nitrogens is 1. The van der Waals surface area contributed by atoms with Crippen LogP contribution in [0.2, 0.25) is 0 Å². The van der Waals surface area contributed by atoms with Crippen LogP contribution in [0.15, 0.2) is 36.5 Å². The SMILES string of the molecule is O=C1CCN(C(=O)Cn2ccc3ccccc32)CC1. The molecule has 2 aromatic rings. The van der Waals surface area contributed by atoms with Gasteiger partial charge in [0.05, 0.1) is 0 Å². The number of carbonyl (C=O) groups is 2. The highest BCUT2D eigenvalue weighted by atomic mass is 16.2. The van der Waals surface area contributed by atoms with Gasteiger partial charge in [-0.1, -0.05) is 18.2 Å². The monoisotopic (exact) mass is 256 g/mol. The summed E-state index contributed by atoms with van der Waals surface area (Å²) in [6.07, 6.45) is 2.94. The molecular weight excluding hydrogens is 240 g/mol. The molecule has 0 atom stereocenters. The van der Waals surface area contributed by atoms with Gasteiger partial charge in [-0.2, -0.15) is 0 Å². The molecule has 0 spiro atoms. The Labute approximate surface area is 111 Å². The van der Waals surface area contributed by atoms with Gasteiger partial charge in [0, 0.05) is 37.6 Å². The third-order valence-corrected chi connectivity index (χ3v) is 3.66. The van der Waals surface area contributed by atoms with Crippen molar-refractivity contribution in [3.05, 3.63) is 36.5 Å². The van der Waals surface area contributed by atoms with Crippen molar-refractivity contribution >= 4 is 22.6 Å². The van der Waals surface area contributed by atoms with Crippen LogP contribution in [0.5, 0.6) is 0 Å².